The van der Waals surface area contributed by atoms with Gasteiger partial charge in [0.25, 0.3) is 0 Å². The van der Waals surface area contributed by atoms with Crippen molar-refractivity contribution in [2.24, 2.45) is 0 Å². The Bertz CT molecular complexity index is 1430. The standard InChI is InChI=1S/C12H8Cl3NO.C12H6Cl3NO.Mn.2O/c2*13-9-4-2-1-3-7(9)11(17)8-5-6-10(14)16-12(8)15;;;/h1-6,11,17H;1-6H;;;. The first-order chi connectivity index (χ1) is 17.6. The number of carbonyl (C=O) groups excluding carboxylic acids is 1. The van der Waals surface area contributed by atoms with Gasteiger partial charge in [-0.15, -0.1) is 0 Å². The zero-order valence-corrected chi connectivity index (χ0v) is 23.9. The summed E-state index contributed by atoms with van der Waals surface area (Å²) in [4.78, 5) is 19.8. The Morgan fingerprint density at radius 2 is 1.16 bits per heavy atom. The van der Waals surface area contributed by atoms with Crippen LogP contribution in [0.15, 0.2) is 72.8 Å². The molecule has 0 aliphatic heterocycles. The van der Waals surface area contributed by atoms with Crippen LogP contribution in [0.5, 0.6) is 0 Å². The number of hydrogen-bond acceptors (Lipinski definition) is 6. The molecule has 6 nitrogen and oxygen atoms in total. The van der Waals surface area contributed by atoms with E-state index in [4.69, 9.17) is 77.3 Å². The van der Waals surface area contributed by atoms with Gasteiger partial charge in [0.2, 0.25) is 0 Å². The van der Waals surface area contributed by atoms with Gasteiger partial charge in [0.05, 0.1) is 10.6 Å². The molecule has 13 heteroatoms. The second-order valence-corrected chi connectivity index (χ2v) is 9.28. The Kier molecular flexibility index (Phi) is 13.3. The summed E-state index contributed by atoms with van der Waals surface area (Å²) in [6.45, 7) is 0. The summed E-state index contributed by atoms with van der Waals surface area (Å²) in [5.41, 5.74) is 1.73. The van der Waals surface area contributed by atoms with Crippen LogP contribution in [0, 0.1) is 0 Å². The molecule has 193 valence electrons. The van der Waals surface area contributed by atoms with E-state index in [-0.39, 0.29) is 32.0 Å². The molecule has 1 unspecified atom stereocenters. The minimum absolute atomic E-state index is 0.0717. The van der Waals surface area contributed by atoms with Crippen LogP contribution in [-0.2, 0) is 22.5 Å². The summed E-state index contributed by atoms with van der Waals surface area (Å²) >= 11 is 33.7. The van der Waals surface area contributed by atoms with Gasteiger partial charge in [-0.25, -0.2) is 9.97 Å². The normalized spacial score (nSPS) is 10.8. The molecule has 0 radical (unpaired) electrons. The Morgan fingerprint density at radius 1 is 0.649 bits per heavy atom. The summed E-state index contributed by atoms with van der Waals surface area (Å²) in [6, 6.07) is 20.0. The Labute approximate surface area is 248 Å². The second-order valence-electron chi connectivity index (χ2n) is 6.78. The quantitative estimate of drug-likeness (QED) is 0.135. The number of hydrogen-bond donors (Lipinski definition) is 1. The summed E-state index contributed by atoms with van der Waals surface area (Å²) < 4.78 is 16.8. The number of aliphatic hydroxyl groups excluding tert-OH is 1. The number of halogens is 6. The first-order valence-corrected chi connectivity index (χ1v) is 13.1. The number of rotatable bonds is 4. The molecule has 2 heterocycles. The molecular weight excluding hydrogens is 648 g/mol. The third kappa shape index (κ3) is 9.18. The monoisotopic (exact) mass is 659 g/mol. The maximum atomic E-state index is 12.1. The molecule has 0 saturated heterocycles. The van der Waals surface area contributed by atoms with Crippen molar-refractivity contribution >= 4 is 75.4 Å². The minimum atomic E-state index is -1.44. The van der Waals surface area contributed by atoms with Gasteiger partial charge in [-0.05, 0) is 42.5 Å². The fourth-order valence-corrected chi connectivity index (χ4v) is 4.20. The van der Waals surface area contributed by atoms with E-state index in [1.165, 1.54) is 12.1 Å². The molecule has 1 atom stereocenters. The molecule has 0 saturated carbocycles. The van der Waals surface area contributed by atoms with Gasteiger partial charge in [-0.3, -0.25) is 4.79 Å². The molecule has 0 aliphatic carbocycles. The molecule has 0 aliphatic rings. The van der Waals surface area contributed by atoms with E-state index in [1.807, 2.05) is 0 Å². The number of nitrogens with zero attached hydrogens (tertiary/aromatic N) is 2. The summed E-state index contributed by atoms with van der Waals surface area (Å²) in [6.07, 6.45) is -0.916. The van der Waals surface area contributed by atoms with Crippen LogP contribution in [-0.4, -0.2) is 20.9 Å². The van der Waals surface area contributed by atoms with Crippen molar-refractivity contribution in [1.29, 1.82) is 0 Å². The van der Waals surface area contributed by atoms with E-state index in [0.29, 0.717) is 26.7 Å². The van der Waals surface area contributed by atoms with Crippen LogP contribution in [0.1, 0.15) is 33.2 Å². The van der Waals surface area contributed by atoms with Crippen LogP contribution in [0.2, 0.25) is 30.7 Å². The predicted molar refractivity (Wildman–Crippen MR) is 140 cm³/mol. The SMILES string of the molecule is O=C(c1ccccc1Cl)c1ccc(Cl)nc1Cl.OC(c1ccccc1Cl)c1ccc(Cl)nc1Cl.[O]=[Mn]=[O]. The zero-order chi connectivity index (χ0) is 27.5. The van der Waals surface area contributed by atoms with Crippen LogP contribution >= 0.6 is 69.6 Å². The molecule has 2 aromatic carbocycles. The van der Waals surface area contributed by atoms with Crippen LogP contribution < -0.4 is 0 Å². The van der Waals surface area contributed by atoms with Gasteiger partial charge >= 0.3 is 22.5 Å². The van der Waals surface area contributed by atoms with Crippen LogP contribution in [0.25, 0.3) is 0 Å². The van der Waals surface area contributed by atoms with Crippen molar-refractivity contribution < 1.29 is 32.4 Å². The second kappa shape index (κ2) is 15.6. The Hall–Kier alpha value is -1.77. The number of ketones is 1. The van der Waals surface area contributed by atoms with E-state index >= 15 is 0 Å². The van der Waals surface area contributed by atoms with Crippen molar-refractivity contribution in [1.82, 2.24) is 9.97 Å². The van der Waals surface area contributed by atoms with Gasteiger partial charge < -0.3 is 5.11 Å². The zero-order valence-electron chi connectivity index (χ0n) is 18.2. The van der Waals surface area contributed by atoms with Gasteiger partial charge in [-0.2, -0.15) is 0 Å². The fourth-order valence-electron chi connectivity index (χ4n) is 2.86. The number of pyridine rings is 2. The van der Waals surface area contributed by atoms with Crippen molar-refractivity contribution in [3.05, 3.63) is 126 Å². The summed E-state index contributed by atoms with van der Waals surface area (Å²) in [5.74, 6) is -0.273. The first kappa shape index (κ1) is 31.4. The molecule has 4 aromatic rings. The average Bonchev–Trinajstić information content (AvgIpc) is 2.85. The van der Waals surface area contributed by atoms with Crippen molar-refractivity contribution in [3.63, 3.8) is 0 Å². The predicted octanol–water partition coefficient (Wildman–Crippen LogP) is 8.16. The molecule has 0 amide bonds. The molecule has 2 aromatic heterocycles. The van der Waals surface area contributed by atoms with Gasteiger partial charge in [-0.1, -0.05) is 99.9 Å². The maximum absolute atomic E-state index is 12.1. The number of benzene rings is 2. The average molecular weight is 662 g/mol. The Balaban J connectivity index is 0.000000235. The van der Waals surface area contributed by atoms with Crippen molar-refractivity contribution in [2.45, 2.75) is 6.10 Å². The first-order valence-electron chi connectivity index (χ1n) is 9.85. The molecule has 37 heavy (non-hydrogen) atoms. The van der Waals surface area contributed by atoms with Crippen LogP contribution in [0.4, 0.5) is 0 Å². The molecule has 0 bridgehead atoms. The molecule has 1 N–H and O–H groups in total. The van der Waals surface area contributed by atoms with Gasteiger partial charge in [0, 0.05) is 21.7 Å². The van der Waals surface area contributed by atoms with Gasteiger partial charge in [0.15, 0.2) is 5.78 Å². The van der Waals surface area contributed by atoms with E-state index < -0.39 is 20.9 Å². The van der Waals surface area contributed by atoms with Crippen molar-refractivity contribution in [3.8, 4) is 0 Å². The topological polar surface area (TPSA) is 97.2 Å². The number of carbonyl (C=O) groups is 1. The molecule has 4 rings (SSSR count). The van der Waals surface area contributed by atoms with E-state index in [0.717, 1.165) is 0 Å². The van der Waals surface area contributed by atoms with E-state index in [2.05, 4.69) is 9.97 Å². The van der Waals surface area contributed by atoms with Crippen molar-refractivity contribution in [2.75, 3.05) is 0 Å². The van der Waals surface area contributed by atoms with Gasteiger partial charge in [0.1, 0.15) is 26.7 Å². The Morgan fingerprint density at radius 3 is 1.70 bits per heavy atom. The third-order valence-electron chi connectivity index (χ3n) is 4.52. The van der Waals surface area contributed by atoms with Crippen LogP contribution in [0.3, 0.4) is 0 Å². The molecule has 0 spiro atoms. The fraction of sp³-hybridized carbons (Fsp3) is 0.0417. The molecule has 0 fully saturated rings. The summed E-state index contributed by atoms with van der Waals surface area (Å²) in [5, 5.41) is 11.8. The van der Waals surface area contributed by atoms with E-state index in [9.17, 15) is 9.90 Å². The molecular formula is C24H14Cl6MnN2O4. The van der Waals surface area contributed by atoms with E-state index in [1.54, 1.807) is 60.7 Å². The number of aromatic nitrogens is 2. The number of aliphatic hydroxyl groups is 1. The third-order valence-corrected chi connectivity index (χ3v) is 6.20. The summed E-state index contributed by atoms with van der Waals surface area (Å²) in [7, 11) is 0.